The molecule has 0 unspecified atom stereocenters. The highest BCUT2D eigenvalue weighted by Gasteiger charge is 2.29. The molecule has 1 aliphatic heterocycles. The lowest BCUT2D eigenvalue weighted by Gasteiger charge is -2.37. The van der Waals surface area contributed by atoms with Crippen molar-refractivity contribution in [3.63, 3.8) is 0 Å². The summed E-state index contributed by atoms with van der Waals surface area (Å²) < 4.78 is 0. The number of carbonyl (C=O) groups excluding carboxylic acids is 1. The lowest BCUT2D eigenvalue weighted by Crippen LogP contribution is -2.48. The quantitative estimate of drug-likeness (QED) is 0.940. The summed E-state index contributed by atoms with van der Waals surface area (Å²) in [6.45, 7) is 5.82. The number of benzene rings is 2. The Morgan fingerprint density at radius 1 is 0.958 bits per heavy atom. The normalized spacial score (nSPS) is 17.4. The van der Waals surface area contributed by atoms with Crippen molar-refractivity contribution in [2.75, 3.05) is 38.5 Å². The van der Waals surface area contributed by atoms with Gasteiger partial charge in [-0.2, -0.15) is 0 Å². The first-order valence-electron chi connectivity index (χ1n) is 8.48. The lowest BCUT2D eigenvalue weighted by molar-refractivity contribution is -0.122. The van der Waals surface area contributed by atoms with Gasteiger partial charge in [-0.15, -0.1) is 0 Å². The number of hydrogen-bond acceptors (Lipinski definition) is 3. The van der Waals surface area contributed by atoms with Gasteiger partial charge >= 0.3 is 0 Å². The monoisotopic (exact) mass is 323 g/mol. The number of hydrogen-bond donors (Lipinski definition) is 1. The van der Waals surface area contributed by atoms with E-state index < -0.39 is 0 Å². The summed E-state index contributed by atoms with van der Waals surface area (Å²) in [5.41, 5.74) is 3.08. The molecular weight excluding hydrogens is 298 g/mol. The lowest BCUT2D eigenvalue weighted by atomic mass is 10.0. The molecule has 0 saturated carbocycles. The zero-order chi connectivity index (χ0) is 16.9. The Morgan fingerprint density at radius 2 is 1.58 bits per heavy atom. The summed E-state index contributed by atoms with van der Waals surface area (Å²) in [6.07, 6.45) is 0. The summed E-state index contributed by atoms with van der Waals surface area (Å²) in [7, 11) is 2.13. The molecular formula is C20H25N3O. The molecule has 1 atom stereocenters. The Hall–Kier alpha value is -2.17. The van der Waals surface area contributed by atoms with Crippen LogP contribution in [0.5, 0.6) is 0 Å². The summed E-state index contributed by atoms with van der Waals surface area (Å²) in [5, 5.41) is 3.08. The predicted molar refractivity (Wildman–Crippen MR) is 98.1 cm³/mol. The first kappa shape index (κ1) is 16.7. The van der Waals surface area contributed by atoms with E-state index in [2.05, 4.69) is 22.2 Å². The van der Waals surface area contributed by atoms with Gasteiger partial charge in [0.25, 0.3) is 0 Å². The fraction of sp³-hybridized carbons (Fsp3) is 0.350. The summed E-state index contributed by atoms with van der Waals surface area (Å²) >= 11 is 0. The smallest absolute Gasteiger partial charge is 0.246 e. The van der Waals surface area contributed by atoms with E-state index >= 15 is 0 Å². The SMILES string of the molecule is Cc1ccc(NC(=O)[C@@H](c2ccccc2)N2CCN(C)CC2)cc1. The van der Waals surface area contributed by atoms with E-state index in [0.717, 1.165) is 37.4 Å². The molecule has 24 heavy (non-hydrogen) atoms. The Kier molecular flexibility index (Phi) is 5.28. The number of piperazine rings is 1. The number of anilines is 1. The van der Waals surface area contributed by atoms with Gasteiger partial charge in [0.2, 0.25) is 5.91 Å². The molecule has 1 N–H and O–H groups in total. The van der Waals surface area contributed by atoms with Crippen LogP contribution in [0.4, 0.5) is 5.69 Å². The molecule has 126 valence electrons. The number of rotatable bonds is 4. The average Bonchev–Trinajstić information content (AvgIpc) is 2.60. The van der Waals surface area contributed by atoms with Crippen LogP contribution in [-0.4, -0.2) is 48.9 Å². The molecule has 4 nitrogen and oxygen atoms in total. The number of nitrogens with zero attached hydrogens (tertiary/aromatic N) is 2. The highest BCUT2D eigenvalue weighted by atomic mass is 16.2. The third kappa shape index (κ3) is 4.02. The molecule has 1 saturated heterocycles. The van der Waals surface area contributed by atoms with Crippen LogP contribution >= 0.6 is 0 Å². The minimum absolute atomic E-state index is 0.0367. The molecule has 1 aliphatic rings. The maximum Gasteiger partial charge on any atom is 0.246 e. The van der Waals surface area contributed by atoms with Crippen molar-refractivity contribution >= 4 is 11.6 Å². The zero-order valence-electron chi connectivity index (χ0n) is 14.4. The molecule has 3 rings (SSSR count). The molecule has 0 radical (unpaired) electrons. The summed E-state index contributed by atoms with van der Waals surface area (Å²) in [6, 6.07) is 17.8. The molecule has 0 spiro atoms. The molecule has 1 amide bonds. The standard InChI is InChI=1S/C20H25N3O/c1-16-8-10-18(11-9-16)21-20(24)19(17-6-4-3-5-7-17)23-14-12-22(2)13-15-23/h3-11,19H,12-15H2,1-2H3,(H,21,24)/t19-/m1/s1. The van der Waals surface area contributed by atoms with Crippen LogP contribution in [-0.2, 0) is 4.79 Å². The van der Waals surface area contributed by atoms with Crippen LogP contribution in [0.25, 0.3) is 0 Å². The molecule has 0 aliphatic carbocycles. The molecule has 4 heteroatoms. The first-order chi connectivity index (χ1) is 11.6. The number of carbonyl (C=O) groups is 1. The Morgan fingerprint density at radius 3 is 2.21 bits per heavy atom. The van der Waals surface area contributed by atoms with Crippen molar-refractivity contribution in [2.45, 2.75) is 13.0 Å². The molecule has 1 heterocycles. The van der Waals surface area contributed by atoms with Gasteiger partial charge in [-0.3, -0.25) is 9.69 Å². The molecule has 2 aromatic carbocycles. The second kappa shape index (κ2) is 7.60. The van der Waals surface area contributed by atoms with E-state index in [9.17, 15) is 4.79 Å². The zero-order valence-corrected chi connectivity index (χ0v) is 14.4. The van der Waals surface area contributed by atoms with Crippen LogP contribution in [0, 0.1) is 6.92 Å². The van der Waals surface area contributed by atoms with Crippen molar-refractivity contribution in [2.24, 2.45) is 0 Å². The molecule has 0 bridgehead atoms. The fourth-order valence-electron chi connectivity index (χ4n) is 3.09. The van der Waals surface area contributed by atoms with E-state index in [4.69, 9.17) is 0 Å². The van der Waals surface area contributed by atoms with Crippen molar-refractivity contribution in [1.82, 2.24) is 9.80 Å². The van der Waals surface area contributed by atoms with Gasteiger partial charge in [0, 0.05) is 31.9 Å². The van der Waals surface area contributed by atoms with E-state index in [1.807, 2.05) is 61.5 Å². The van der Waals surface area contributed by atoms with Crippen molar-refractivity contribution in [1.29, 1.82) is 0 Å². The topological polar surface area (TPSA) is 35.6 Å². The third-order valence-corrected chi connectivity index (χ3v) is 4.59. The van der Waals surface area contributed by atoms with Crippen LogP contribution in [0.15, 0.2) is 54.6 Å². The highest BCUT2D eigenvalue weighted by Crippen LogP contribution is 2.24. The predicted octanol–water partition coefficient (Wildman–Crippen LogP) is 2.92. The van der Waals surface area contributed by atoms with Gasteiger partial charge in [-0.05, 0) is 31.7 Å². The molecule has 0 aromatic heterocycles. The number of likely N-dealkylation sites (N-methyl/N-ethyl adjacent to an activating group) is 1. The van der Waals surface area contributed by atoms with E-state index in [0.29, 0.717) is 0 Å². The van der Waals surface area contributed by atoms with Gasteiger partial charge in [0.1, 0.15) is 6.04 Å². The highest BCUT2D eigenvalue weighted by molar-refractivity contribution is 5.95. The number of amides is 1. The Labute approximate surface area is 144 Å². The minimum Gasteiger partial charge on any atom is -0.324 e. The second-order valence-electron chi connectivity index (χ2n) is 6.51. The maximum absolute atomic E-state index is 13.0. The molecule has 2 aromatic rings. The summed E-state index contributed by atoms with van der Waals surface area (Å²) in [4.78, 5) is 17.6. The van der Waals surface area contributed by atoms with Crippen LogP contribution in [0.3, 0.4) is 0 Å². The van der Waals surface area contributed by atoms with Crippen molar-refractivity contribution in [3.8, 4) is 0 Å². The van der Waals surface area contributed by atoms with Crippen LogP contribution in [0.2, 0.25) is 0 Å². The minimum atomic E-state index is -0.249. The van der Waals surface area contributed by atoms with Crippen molar-refractivity contribution < 1.29 is 4.79 Å². The van der Waals surface area contributed by atoms with Crippen LogP contribution < -0.4 is 5.32 Å². The second-order valence-corrected chi connectivity index (χ2v) is 6.51. The number of aryl methyl sites for hydroxylation is 1. The Balaban J connectivity index is 1.81. The van der Waals surface area contributed by atoms with Gasteiger partial charge in [-0.1, -0.05) is 48.0 Å². The number of nitrogens with one attached hydrogen (secondary N) is 1. The van der Waals surface area contributed by atoms with Gasteiger partial charge in [-0.25, -0.2) is 0 Å². The largest absolute Gasteiger partial charge is 0.324 e. The van der Waals surface area contributed by atoms with Gasteiger partial charge in [0.05, 0.1) is 0 Å². The average molecular weight is 323 g/mol. The third-order valence-electron chi connectivity index (χ3n) is 4.59. The fourth-order valence-corrected chi connectivity index (χ4v) is 3.09. The van der Waals surface area contributed by atoms with Gasteiger partial charge < -0.3 is 10.2 Å². The van der Waals surface area contributed by atoms with E-state index in [1.165, 1.54) is 5.56 Å². The van der Waals surface area contributed by atoms with Crippen LogP contribution in [0.1, 0.15) is 17.2 Å². The van der Waals surface area contributed by atoms with Crippen molar-refractivity contribution in [3.05, 3.63) is 65.7 Å². The Bertz CT molecular complexity index is 661. The summed E-state index contributed by atoms with van der Waals surface area (Å²) in [5.74, 6) is 0.0367. The first-order valence-corrected chi connectivity index (χ1v) is 8.48. The van der Waals surface area contributed by atoms with Gasteiger partial charge in [0.15, 0.2) is 0 Å². The van der Waals surface area contributed by atoms with E-state index in [-0.39, 0.29) is 11.9 Å². The molecule has 1 fully saturated rings. The van der Waals surface area contributed by atoms with E-state index in [1.54, 1.807) is 0 Å². The maximum atomic E-state index is 13.0.